The number of piperidine rings is 1. The van der Waals surface area contributed by atoms with E-state index in [-0.39, 0.29) is 11.5 Å². The molecule has 18 heavy (non-hydrogen) atoms. The van der Waals surface area contributed by atoms with Crippen molar-refractivity contribution in [1.82, 2.24) is 0 Å². The SMILES string of the molecule is CC(=O)c1ccc(N2CC(C)CC(C)C2)cc1O. The summed E-state index contributed by atoms with van der Waals surface area (Å²) in [6.45, 7) is 8.02. The average molecular weight is 247 g/mol. The van der Waals surface area contributed by atoms with Crippen LogP contribution >= 0.6 is 0 Å². The zero-order valence-corrected chi connectivity index (χ0v) is 11.3. The Morgan fingerprint density at radius 1 is 1.28 bits per heavy atom. The van der Waals surface area contributed by atoms with Gasteiger partial charge in [0.25, 0.3) is 0 Å². The molecule has 1 heterocycles. The summed E-state index contributed by atoms with van der Waals surface area (Å²) in [6, 6.07) is 5.36. The predicted octanol–water partition coefficient (Wildman–Crippen LogP) is 3.08. The van der Waals surface area contributed by atoms with Gasteiger partial charge in [-0.05, 0) is 37.3 Å². The van der Waals surface area contributed by atoms with Crippen LogP contribution in [0.1, 0.15) is 37.6 Å². The molecule has 2 unspecified atom stereocenters. The molecule has 0 radical (unpaired) electrons. The van der Waals surface area contributed by atoms with E-state index in [4.69, 9.17) is 0 Å². The van der Waals surface area contributed by atoms with Crippen molar-refractivity contribution in [2.75, 3.05) is 18.0 Å². The van der Waals surface area contributed by atoms with Crippen molar-refractivity contribution in [3.8, 4) is 5.75 Å². The highest BCUT2D eigenvalue weighted by molar-refractivity contribution is 5.97. The largest absolute Gasteiger partial charge is 0.507 e. The van der Waals surface area contributed by atoms with Gasteiger partial charge in [0.1, 0.15) is 5.75 Å². The van der Waals surface area contributed by atoms with E-state index in [1.54, 1.807) is 12.1 Å². The minimum atomic E-state index is -0.0977. The van der Waals surface area contributed by atoms with Crippen LogP contribution in [-0.2, 0) is 0 Å². The van der Waals surface area contributed by atoms with Gasteiger partial charge in [-0.3, -0.25) is 4.79 Å². The number of hydrogen-bond donors (Lipinski definition) is 1. The first-order valence-corrected chi connectivity index (χ1v) is 6.56. The van der Waals surface area contributed by atoms with Gasteiger partial charge in [-0.25, -0.2) is 0 Å². The van der Waals surface area contributed by atoms with Crippen LogP contribution in [0.5, 0.6) is 5.75 Å². The monoisotopic (exact) mass is 247 g/mol. The number of phenolic OH excluding ortho intramolecular Hbond substituents is 1. The van der Waals surface area contributed by atoms with Crippen LogP contribution in [0.3, 0.4) is 0 Å². The van der Waals surface area contributed by atoms with Gasteiger partial charge in [-0.15, -0.1) is 0 Å². The number of Topliss-reactive ketones (excluding diaryl/α,β-unsaturated/α-hetero) is 1. The van der Waals surface area contributed by atoms with Gasteiger partial charge >= 0.3 is 0 Å². The summed E-state index contributed by atoms with van der Waals surface area (Å²) >= 11 is 0. The zero-order valence-electron chi connectivity index (χ0n) is 11.3. The van der Waals surface area contributed by atoms with Crippen LogP contribution in [0.25, 0.3) is 0 Å². The Bertz CT molecular complexity index is 446. The van der Waals surface area contributed by atoms with E-state index in [0.717, 1.165) is 18.8 Å². The molecule has 1 aliphatic rings. The van der Waals surface area contributed by atoms with Crippen molar-refractivity contribution in [2.45, 2.75) is 27.2 Å². The van der Waals surface area contributed by atoms with Crippen LogP contribution in [0, 0.1) is 11.8 Å². The molecular weight excluding hydrogens is 226 g/mol. The lowest BCUT2D eigenvalue weighted by Crippen LogP contribution is -2.38. The number of carbonyl (C=O) groups excluding carboxylic acids is 1. The second kappa shape index (κ2) is 5.01. The van der Waals surface area contributed by atoms with Gasteiger partial charge in [-0.1, -0.05) is 13.8 Å². The molecule has 0 bridgehead atoms. The molecule has 0 aromatic heterocycles. The normalized spacial score (nSPS) is 24.1. The first-order chi connectivity index (χ1) is 8.47. The Morgan fingerprint density at radius 3 is 2.39 bits per heavy atom. The fourth-order valence-corrected chi connectivity index (χ4v) is 2.89. The molecule has 2 rings (SSSR count). The summed E-state index contributed by atoms with van der Waals surface area (Å²) in [7, 11) is 0. The highest BCUT2D eigenvalue weighted by Crippen LogP contribution is 2.30. The van der Waals surface area contributed by atoms with Crippen molar-refractivity contribution in [3.63, 3.8) is 0 Å². The molecule has 1 aliphatic heterocycles. The number of hydrogen-bond acceptors (Lipinski definition) is 3. The number of nitrogens with zero attached hydrogens (tertiary/aromatic N) is 1. The second-order valence-electron chi connectivity index (χ2n) is 5.61. The molecule has 0 saturated carbocycles. The maximum Gasteiger partial charge on any atom is 0.163 e. The van der Waals surface area contributed by atoms with Crippen LogP contribution in [0.2, 0.25) is 0 Å². The first-order valence-electron chi connectivity index (χ1n) is 6.56. The second-order valence-corrected chi connectivity index (χ2v) is 5.61. The fraction of sp³-hybridized carbons (Fsp3) is 0.533. The van der Waals surface area contributed by atoms with E-state index in [9.17, 15) is 9.90 Å². The van der Waals surface area contributed by atoms with Crippen molar-refractivity contribution in [2.24, 2.45) is 11.8 Å². The van der Waals surface area contributed by atoms with Crippen LogP contribution < -0.4 is 4.90 Å². The predicted molar refractivity (Wildman–Crippen MR) is 73.3 cm³/mol. The van der Waals surface area contributed by atoms with E-state index in [0.29, 0.717) is 17.4 Å². The van der Waals surface area contributed by atoms with Gasteiger partial charge in [0.2, 0.25) is 0 Å². The third-order valence-corrected chi connectivity index (χ3v) is 3.59. The molecule has 3 nitrogen and oxygen atoms in total. The molecule has 1 fully saturated rings. The summed E-state index contributed by atoms with van der Waals surface area (Å²) in [5.74, 6) is 1.33. The number of carbonyl (C=O) groups is 1. The molecule has 1 aromatic rings. The Balaban J connectivity index is 2.23. The molecule has 98 valence electrons. The summed E-state index contributed by atoms with van der Waals surface area (Å²) in [6.07, 6.45) is 1.26. The summed E-state index contributed by atoms with van der Waals surface area (Å²) in [5.41, 5.74) is 1.41. The zero-order chi connectivity index (χ0) is 13.3. The molecule has 1 saturated heterocycles. The number of ketones is 1. The number of aromatic hydroxyl groups is 1. The van der Waals surface area contributed by atoms with E-state index in [1.807, 2.05) is 6.07 Å². The van der Waals surface area contributed by atoms with Crippen molar-refractivity contribution < 1.29 is 9.90 Å². The van der Waals surface area contributed by atoms with Gasteiger partial charge in [-0.2, -0.15) is 0 Å². The van der Waals surface area contributed by atoms with Gasteiger partial charge in [0.15, 0.2) is 5.78 Å². The van der Waals surface area contributed by atoms with Gasteiger partial charge in [0.05, 0.1) is 5.56 Å². The van der Waals surface area contributed by atoms with Crippen LogP contribution in [-0.4, -0.2) is 24.0 Å². The van der Waals surface area contributed by atoms with Crippen LogP contribution in [0.15, 0.2) is 18.2 Å². The van der Waals surface area contributed by atoms with E-state index in [2.05, 4.69) is 18.7 Å². The van der Waals surface area contributed by atoms with E-state index < -0.39 is 0 Å². The molecule has 0 aliphatic carbocycles. The summed E-state index contributed by atoms with van der Waals surface area (Å²) < 4.78 is 0. The maximum atomic E-state index is 11.3. The summed E-state index contributed by atoms with van der Waals surface area (Å²) in [5, 5.41) is 9.88. The topological polar surface area (TPSA) is 40.5 Å². The molecule has 0 spiro atoms. The number of phenols is 1. The number of benzene rings is 1. The molecular formula is C15H21NO2. The number of anilines is 1. The van der Waals surface area contributed by atoms with Crippen molar-refractivity contribution >= 4 is 11.5 Å². The standard InChI is InChI=1S/C15H21NO2/c1-10-6-11(2)9-16(8-10)13-4-5-14(12(3)17)15(18)7-13/h4-5,7,10-11,18H,6,8-9H2,1-3H3. The van der Waals surface area contributed by atoms with E-state index >= 15 is 0 Å². The Labute approximate surface area is 108 Å². The average Bonchev–Trinajstić information content (AvgIpc) is 2.26. The highest BCUT2D eigenvalue weighted by Gasteiger charge is 2.22. The first kappa shape index (κ1) is 12.9. The van der Waals surface area contributed by atoms with Crippen LogP contribution in [0.4, 0.5) is 5.69 Å². The van der Waals surface area contributed by atoms with E-state index in [1.165, 1.54) is 13.3 Å². The molecule has 3 heteroatoms. The molecule has 1 aromatic carbocycles. The molecule has 1 N–H and O–H groups in total. The minimum Gasteiger partial charge on any atom is -0.507 e. The molecule has 0 amide bonds. The fourth-order valence-electron chi connectivity index (χ4n) is 2.89. The quantitative estimate of drug-likeness (QED) is 0.816. The lowest BCUT2D eigenvalue weighted by Gasteiger charge is -2.36. The smallest absolute Gasteiger partial charge is 0.163 e. The number of rotatable bonds is 2. The van der Waals surface area contributed by atoms with Crippen molar-refractivity contribution in [3.05, 3.63) is 23.8 Å². The Kier molecular flexibility index (Phi) is 3.60. The van der Waals surface area contributed by atoms with Gasteiger partial charge in [0, 0.05) is 24.8 Å². The summed E-state index contributed by atoms with van der Waals surface area (Å²) in [4.78, 5) is 13.6. The Morgan fingerprint density at radius 2 is 1.89 bits per heavy atom. The lowest BCUT2D eigenvalue weighted by atomic mass is 9.91. The highest BCUT2D eigenvalue weighted by atomic mass is 16.3. The van der Waals surface area contributed by atoms with Gasteiger partial charge < -0.3 is 10.0 Å². The third-order valence-electron chi connectivity index (χ3n) is 3.59. The lowest BCUT2D eigenvalue weighted by molar-refractivity contribution is 0.101. The third kappa shape index (κ3) is 2.66. The Hall–Kier alpha value is -1.51. The minimum absolute atomic E-state index is 0.0888. The maximum absolute atomic E-state index is 11.3. The van der Waals surface area contributed by atoms with Crippen molar-refractivity contribution in [1.29, 1.82) is 0 Å². The molecule has 2 atom stereocenters.